The van der Waals surface area contributed by atoms with Crippen molar-refractivity contribution in [2.45, 2.75) is 59.9 Å². The Bertz CT molecular complexity index is 595. The van der Waals surface area contributed by atoms with Gasteiger partial charge in [0, 0.05) is 6.54 Å². The summed E-state index contributed by atoms with van der Waals surface area (Å²) in [6.07, 6.45) is 6.90. The number of imidazole rings is 1. The van der Waals surface area contributed by atoms with E-state index in [1.54, 1.807) is 0 Å². The molecule has 0 fully saturated rings. The van der Waals surface area contributed by atoms with Crippen molar-refractivity contribution in [2.75, 3.05) is 5.75 Å². The number of nitrogens with zero attached hydrogens (tertiary/aromatic N) is 2. The monoisotopic (exact) mass is 304 g/mol. The summed E-state index contributed by atoms with van der Waals surface area (Å²) in [5.41, 5.74) is 5.32. The maximum Gasteiger partial charge on any atom is 0.0958 e. The molecule has 2 nitrogen and oxygen atoms in total. The largest absolute Gasteiger partial charge is 0.330 e. The average Bonchev–Trinajstić information content (AvgIpc) is 2.82. The molecule has 0 atom stereocenters. The molecule has 0 saturated carbocycles. The first kappa shape index (κ1) is 16.4. The van der Waals surface area contributed by atoms with Gasteiger partial charge in [0.25, 0.3) is 0 Å². The van der Waals surface area contributed by atoms with Crippen molar-refractivity contribution in [3.05, 3.63) is 29.6 Å². The second kappa shape index (κ2) is 6.87. The lowest BCUT2D eigenvalue weighted by Crippen LogP contribution is -2.28. The van der Waals surface area contributed by atoms with Crippen molar-refractivity contribution in [1.29, 1.82) is 0 Å². The number of hydrogen-bond acceptors (Lipinski definition) is 2. The molecule has 0 amide bonds. The molecule has 116 valence electrons. The molecule has 0 aliphatic heterocycles. The molecule has 2 rings (SSSR count). The number of aromatic nitrogens is 2. The zero-order valence-electron chi connectivity index (χ0n) is 13.8. The maximum atomic E-state index is 4.68. The molecule has 0 saturated heterocycles. The summed E-state index contributed by atoms with van der Waals surface area (Å²) < 4.78 is 2.34. The molecule has 2 aromatic rings. The predicted molar refractivity (Wildman–Crippen MR) is 95.3 cm³/mol. The van der Waals surface area contributed by atoms with Gasteiger partial charge in [-0.25, -0.2) is 4.98 Å². The van der Waals surface area contributed by atoms with Crippen molar-refractivity contribution < 1.29 is 0 Å². The molecule has 0 bridgehead atoms. The van der Waals surface area contributed by atoms with E-state index in [1.165, 1.54) is 42.3 Å². The SMILES string of the molecule is CCCC(CS)(CCC)Cn1cnc2cc(C)c(C)cc21. The third kappa shape index (κ3) is 3.45. The fourth-order valence-electron chi connectivity index (χ4n) is 3.35. The van der Waals surface area contributed by atoms with E-state index in [1.807, 2.05) is 6.33 Å². The van der Waals surface area contributed by atoms with Crippen LogP contribution in [0.1, 0.15) is 50.7 Å². The Morgan fingerprint density at radius 3 is 2.29 bits per heavy atom. The second-order valence-electron chi connectivity index (χ2n) is 6.46. The van der Waals surface area contributed by atoms with Crippen molar-refractivity contribution in [1.82, 2.24) is 9.55 Å². The van der Waals surface area contributed by atoms with E-state index in [2.05, 4.69) is 62.0 Å². The Morgan fingerprint density at radius 1 is 1.10 bits per heavy atom. The maximum absolute atomic E-state index is 4.68. The molecule has 1 heterocycles. The van der Waals surface area contributed by atoms with Crippen molar-refractivity contribution >= 4 is 23.7 Å². The normalized spacial score (nSPS) is 12.2. The molecule has 3 heteroatoms. The van der Waals surface area contributed by atoms with Gasteiger partial charge in [-0.05, 0) is 61.1 Å². The molecule has 0 unspecified atom stereocenters. The molecule has 1 aromatic carbocycles. The molecule has 21 heavy (non-hydrogen) atoms. The minimum absolute atomic E-state index is 0.291. The highest BCUT2D eigenvalue weighted by Gasteiger charge is 2.28. The molecule has 0 radical (unpaired) electrons. The van der Waals surface area contributed by atoms with E-state index < -0.39 is 0 Å². The van der Waals surface area contributed by atoms with Gasteiger partial charge in [-0.1, -0.05) is 26.7 Å². The summed E-state index contributed by atoms with van der Waals surface area (Å²) in [6, 6.07) is 4.47. The number of rotatable bonds is 7. The highest BCUT2D eigenvalue weighted by atomic mass is 32.1. The minimum Gasteiger partial charge on any atom is -0.330 e. The summed E-state index contributed by atoms with van der Waals surface area (Å²) in [7, 11) is 0. The van der Waals surface area contributed by atoms with Gasteiger partial charge in [0.15, 0.2) is 0 Å². The Hall–Kier alpha value is -0.960. The van der Waals surface area contributed by atoms with Crippen LogP contribution in [0.15, 0.2) is 18.5 Å². The Morgan fingerprint density at radius 2 is 1.71 bits per heavy atom. The van der Waals surface area contributed by atoms with E-state index in [4.69, 9.17) is 0 Å². The van der Waals surface area contributed by atoms with E-state index in [-0.39, 0.29) is 0 Å². The summed E-state index contributed by atoms with van der Waals surface area (Å²) in [5, 5.41) is 0. The first-order valence-corrected chi connectivity index (χ1v) is 8.71. The predicted octanol–water partition coefficient (Wildman–Crippen LogP) is 5.17. The fraction of sp³-hybridized carbons (Fsp3) is 0.611. The molecule has 0 spiro atoms. The average molecular weight is 305 g/mol. The van der Waals surface area contributed by atoms with Crippen LogP contribution >= 0.6 is 12.6 Å². The van der Waals surface area contributed by atoms with Gasteiger partial charge in [0.05, 0.1) is 17.4 Å². The van der Waals surface area contributed by atoms with Crippen LogP contribution in [0.5, 0.6) is 0 Å². The molecule has 0 aliphatic carbocycles. The Labute approximate surface area is 134 Å². The number of fused-ring (bicyclic) bond motifs is 1. The van der Waals surface area contributed by atoms with Crippen LogP contribution in [0.3, 0.4) is 0 Å². The third-order valence-corrected chi connectivity index (χ3v) is 5.31. The van der Waals surface area contributed by atoms with Crippen LogP contribution < -0.4 is 0 Å². The molecular formula is C18H28N2S. The van der Waals surface area contributed by atoms with Crippen LogP contribution in [0, 0.1) is 19.3 Å². The second-order valence-corrected chi connectivity index (χ2v) is 6.77. The van der Waals surface area contributed by atoms with Crippen LogP contribution in [0.4, 0.5) is 0 Å². The first-order chi connectivity index (χ1) is 10.0. The summed E-state index contributed by atoms with van der Waals surface area (Å²) in [4.78, 5) is 4.60. The van der Waals surface area contributed by atoms with E-state index in [0.717, 1.165) is 17.8 Å². The summed E-state index contributed by atoms with van der Waals surface area (Å²) >= 11 is 4.68. The lowest BCUT2D eigenvalue weighted by atomic mass is 9.81. The van der Waals surface area contributed by atoms with Crippen LogP contribution in [-0.2, 0) is 6.54 Å². The van der Waals surface area contributed by atoms with Gasteiger partial charge in [0.1, 0.15) is 0 Å². The topological polar surface area (TPSA) is 17.8 Å². The summed E-state index contributed by atoms with van der Waals surface area (Å²) in [6.45, 7) is 9.90. The van der Waals surface area contributed by atoms with E-state index >= 15 is 0 Å². The van der Waals surface area contributed by atoms with Gasteiger partial charge >= 0.3 is 0 Å². The molecule has 0 aliphatic rings. The number of thiol groups is 1. The van der Waals surface area contributed by atoms with E-state index in [0.29, 0.717) is 5.41 Å². The van der Waals surface area contributed by atoms with Gasteiger partial charge in [-0.15, -0.1) is 0 Å². The molecule has 1 aromatic heterocycles. The highest BCUT2D eigenvalue weighted by Crippen LogP contribution is 2.34. The lowest BCUT2D eigenvalue weighted by Gasteiger charge is -2.32. The quantitative estimate of drug-likeness (QED) is 0.699. The van der Waals surface area contributed by atoms with E-state index in [9.17, 15) is 0 Å². The number of benzene rings is 1. The van der Waals surface area contributed by atoms with Crippen molar-refractivity contribution in [2.24, 2.45) is 5.41 Å². The van der Waals surface area contributed by atoms with Crippen molar-refractivity contribution in [3.8, 4) is 0 Å². The Kier molecular flexibility index (Phi) is 5.37. The van der Waals surface area contributed by atoms with Gasteiger partial charge in [-0.2, -0.15) is 12.6 Å². The van der Waals surface area contributed by atoms with Crippen LogP contribution in [0.25, 0.3) is 11.0 Å². The molecular weight excluding hydrogens is 276 g/mol. The zero-order valence-corrected chi connectivity index (χ0v) is 14.7. The number of aryl methyl sites for hydroxylation is 2. The van der Waals surface area contributed by atoms with Crippen LogP contribution in [-0.4, -0.2) is 15.3 Å². The standard InChI is InChI=1S/C18H28N2S/c1-5-7-18(12-21,8-6-2)11-20-13-19-16-9-14(3)15(4)10-17(16)20/h9-10,13,21H,5-8,11-12H2,1-4H3. The molecule has 0 N–H and O–H groups in total. The Balaban J connectivity index is 2.38. The highest BCUT2D eigenvalue weighted by molar-refractivity contribution is 7.80. The van der Waals surface area contributed by atoms with Gasteiger partial charge in [0.2, 0.25) is 0 Å². The zero-order chi connectivity index (χ0) is 15.5. The van der Waals surface area contributed by atoms with Crippen molar-refractivity contribution in [3.63, 3.8) is 0 Å². The summed E-state index contributed by atoms with van der Waals surface area (Å²) in [5.74, 6) is 0.944. The first-order valence-electron chi connectivity index (χ1n) is 8.08. The van der Waals surface area contributed by atoms with Gasteiger partial charge < -0.3 is 4.57 Å². The third-order valence-electron chi connectivity index (χ3n) is 4.64. The fourth-order valence-corrected chi connectivity index (χ4v) is 3.77. The van der Waals surface area contributed by atoms with Gasteiger partial charge in [-0.3, -0.25) is 0 Å². The van der Waals surface area contributed by atoms with Crippen LogP contribution in [0.2, 0.25) is 0 Å². The lowest BCUT2D eigenvalue weighted by molar-refractivity contribution is 0.234. The number of hydrogen-bond donors (Lipinski definition) is 1. The smallest absolute Gasteiger partial charge is 0.0958 e. The minimum atomic E-state index is 0.291.